The molecular weight excluding hydrogens is 462 g/mol. The lowest BCUT2D eigenvalue weighted by atomic mass is 10.1. The Bertz CT molecular complexity index is 1540. The molecular formula is C25H23N7O4. The molecule has 182 valence electrons. The van der Waals surface area contributed by atoms with Gasteiger partial charge in [-0.1, -0.05) is 23.4 Å². The number of benzene rings is 1. The van der Waals surface area contributed by atoms with Crippen LogP contribution in [-0.2, 0) is 11.3 Å². The van der Waals surface area contributed by atoms with Crippen LogP contribution in [0.4, 0.5) is 0 Å². The Morgan fingerprint density at radius 2 is 1.97 bits per heavy atom. The predicted octanol–water partition coefficient (Wildman–Crippen LogP) is 3.12. The van der Waals surface area contributed by atoms with E-state index in [-0.39, 0.29) is 18.6 Å². The van der Waals surface area contributed by atoms with E-state index in [0.717, 1.165) is 23.6 Å². The first-order valence-corrected chi connectivity index (χ1v) is 11.7. The van der Waals surface area contributed by atoms with Gasteiger partial charge < -0.3 is 19.3 Å². The van der Waals surface area contributed by atoms with Gasteiger partial charge in [-0.3, -0.25) is 9.78 Å². The van der Waals surface area contributed by atoms with E-state index in [9.17, 15) is 4.79 Å². The van der Waals surface area contributed by atoms with E-state index in [1.807, 2.05) is 31.2 Å². The zero-order valence-electron chi connectivity index (χ0n) is 19.5. The van der Waals surface area contributed by atoms with Crippen molar-refractivity contribution in [3.05, 3.63) is 65.7 Å². The molecule has 4 aromatic heterocycles. The average molecular weight is 486 g/mol. The summed E-state index contributed by atoms with van der Waals surface area (Å²) in [5, 5.41) is 22.0. The molecule has 0 radical (unpaired) electrons. The summed E-state index contributed by atoms with van der Waals surface area (Å²) in [4.78, 5) is 17.0. The molecule has 1 aliphatic heterocycles. The number of hydrogen-bond acceptors (Lipinski definition) is 9. The summed E-state index contributed by atoms with van der Waals surface area (Å²) in [6, 6.07) is 13.1. The first-order chi connectivity index (χ1) is 17.7. The van der Waals surface area contributed by atoms with Gasteiger partial charge in [0.2, 0.25) is 11.7 Å². The summed E-state index contributed by atoms with van der Waals surface area (Å²) in [5.74, 6) is 1.39. The maximum Gasteiger partial charge on any atom is 0.253 e. The van der Waals surface area contributed by atoms with E-state index in [0.29, 0.717) is 53.3 Å². The first-order valence-electron chi connectivity index (χ1n) is 11.7. The van der Waals surface area contributed by atoms with Crippen LogP contribution in [0.3, 0.4) is 0 Å². The van der Waals surface area contributed by atoms with Gasteiger partial charge in [-0.25, -0.2) is 0 Å². The largest absolute Gasteiger partial charge is 0.470 e. The minimum Gasteiger partial charge on any atom is -0.470 e. The van der Waals surface area contributed by atoms with Crippen molar-refractivity contribution in [2.45, 2.75) is 32.4 Å². The van der Waals surface area contributed by atoms with E-state index < -0.39 is 0 Å². The zero-order valence-corrected chi connectivity index (χ0v) is 19.5. The molecule has 0 aliphatic carbocycles. The molecule has 6 rings (SSSR count). The molecule has 1 N–H and O–H groups in total. The van der Waals surface area contributed by atoms with Crippen LogP contribution in [0.15, 0.2) is 53.2 Å². The Hall–Kier alpha value is -4.38. The molecule has 1 aromatic carbocycles. The van der Waals surface area contributed by atoms with Crippen LogP contribution in [0, 0.1) is 6.92 Å². The lowest BCUT2D eigenvalue weighted by Crippen LogP contribution is -2.38. The third-order valence-electron chi connectivity index (χ3n) is 6.09. The molecule has 1 saturated heterocycles. The molecule has 0 spiro atoms. The summed E-state index contributed by atoms with van der Waals surface area (Å²) in [7, 11) is 0. The summed E-state index contributed by atoms with van der Waals surface area (Å²) in [6.07, 6.45) is 3.20. The third-order valence-corrected chi connectivity index (χ3v) is 6.09. The van der Waals surface area contributed by atoms with E-state index in [2.05, 4.69) is 30.8 Å². The molecule has 0 saturated carbocycles. The number of fused-ring (bicyclic) bond motifs is 3. The van der Waals surface area contributed by atoms with Crippen LogP contribution in [0.2, 0.25) is 0 Å². The molecule has 0 unspecified atom stereocenters. The van der Waals surface area contributed by atoms with Crippen molar-refractivity contribution < 1.29 is 18.8 Å². The van der Waals surface area contributed by atoms with Crippen LogP contribution in [0.5, 0.6) is 5.88 Å². The Balaban J connectivity index is 1.24. The lowest BCUT2D eigenvalue weighted by molar-refractivity contribution is 0.0696. The summed E-state index contributed by atoms with van der Waals surface area (Å²) in [5.41, 5.74) is 2.30. The average Bonchev–Trinajstić information content (AvgIpc) is 3.54. The van der Waals surface area contributed by atoms with Crippen LogP contribution in [0.1, 0.15) is 34.7 Å². The maximum absolute atomic E-state index is 12.5. The SMILES string of the molecule is Cc1cc(-c2nnc3c4ccccc4c(OCc4ccc(C(=O)NC5CCOCC5)cn4)nn23)no1. The number of nitrogens with zero attached hydrogens (tertiary/aromatic N) is 6. The fraction of sp³-hybridized carbons (Fsp3) is 0.280. The van der Waals surface area contributed by atoms with Gasteiger partial charge in [0.05, 0.1) is 11.3 Å². The highest BCUT2D eigenvalue weighted by Gasteiger charge is 2.19. The third kappa shape index (κ3) is 4.24. The highest BCUT2D eigenvalue weighted by Crippen LogP contribution is 2.29. The maximum atomic E-state index is 12.5. The fourth-order valence-electron chi connectivity index (χ4n) is 4.19. The number of pyridine rings is 1. The fourth-order valence-corrected chi connectivity index (χ4v) is 4.19. The number of aryl methyl sites for hydroxylation is 1. The number of aromatic nitrogens is 6. The van der Waals surface area contributed by atoms with Gasteiger partial charge in [-0.15, -0.1) is 15.3 Å². The van der Waals surface area contributed by atoms with Crippen LogP contribution >= 0.6 is 0 Å². The number of ether oxygens (including phenoxy) is 2. The standard InChI is InChI=1S/C25H23N7O4/c1-15-12-21(31-36-15)23-29-28-22-19-4-2-3-5-20(19)25(30-32(22)23)35-14-18-7-6-16(13-26-18)24(33)27-17-8-10-34-11-9-17/h2-7,12-13,17H,8-11,14H2,1H3,(H,27,33). The van der Waals surface area contributed by atoms with Gasteiger partial charge in [0, 0.05) is 42.3 Å². The summed E-state index contributed by atoms with van der Waals surface area (Å²) < 4.78 is 18.2. The summed E-state index contributed by atoms with van der Waals surface area (Å²) >= 11 is 0. The van der Waals surface area contributed by atoms with Gasteiger partial charge in [0.1, 0.15) is 12.4 Å². The van der Waals surface area contributed by atoms with Gasteiger partial charge in [0.25, 0.3) is 5.91 Å². The number of carbonyl (C=O) groups excluding carboxylic acids is 1. The van der Waals surface area contributed by atoms with Crippen LogP contribution in [0.25, 0.3) is 27.9 Å². The van der Waals surface area contributed by atoms with Crippen molar-refractivity contribution >= 4 is 22.3 Å². The Labute approximate surface area is 205 Å². The molecule has 1 amide bonds. The Morgan fingerprint density at radius 3 is 2.72 bits per heavy atom. The van der Waals surface area contributed by atoms with Crippen molar-refractivity contribution in [2.75, 3.05) is 13.2 Å². The van der Waals surface area contributed by atoms with E-state index in [1.165, 1.54) is 0 Å². The molecule has 5 heterocycles. The predicted molar refractivity (Wildman–Crippen MR) is 128 cm³/mol. The quantitative estimate of drug-likeness (QED) is 0.385. The summed E-state index contributed by atoms with van der Waals surface area (Å²) in [6.45, 7) is 3.32. The zero-order chi connectivity index (χ0) is 24.5. The molecule has 0 atom stereocenters. The molecule has 11 nitrogen and oxygen atoms in total. The van der Waals surface area contributed by atoms with Gasteiger partial charge in [-0.05, 0) is 38.0 Å². The molecule has 36 heavy (non-hydrogen) atoms. The second-order valence-corrected chi connectivity index (χ2v) is 8.62. The van der Waals surface area contributed by atoms with Gasteiger partial charge in [0.15, 0.2) is 11.3 Å². The number of nitrogens with one attached hydrogen (secondary N) is 1. The molecule has 5 aromatic rings. The second kappa shape index (κ2) is 9.34. The minimum atomic E-state index is -0.136. The monoisotopic (exact) mass is 485 g/mol. The number of rotatable bonds is 6. The highest BCUT2D eigenvalue weighted by molar-refractivity contribution is 5.97. The Morgan fingerprint density at radius 1 is 1.14 bits per heavy atom. The van der Waals surface area contributed by atoms with Crippen molar-refractivity contribution in [1.82, 2.24) is 35.3 Å². The number of carbonyl (C=O) groups is 1. The van der Waals surface area contributed by atoms with E-state index in [4.69, 9.17) is 14.0 Å². The minimum absolute atomic E-state index is 0.132. The normalized spacial score (nSPS) is 14.4. The van der Waals surface area contributed by atoms with E-state index in [1.54, 1.807) is 28.9 Å². The van der Waals surface area contributed by atoms with Crippen LogP contribution in [-0.4, -0.2) is 55.1 Å². The first kappa shape index (κ1) is 22.1. The molecule has 1 fully saturated rings. The molecule has 11 heteroatoms. The second-order valence-electron chi connectivity index (χ2n) is 8.62. The molecule has 1 aliphatic rings. The Kier molecular flexibility index (Phi) is 5.74. The van der Waals surface area contributed by atoms with Crippen molar-refractivity contribution in [3.8, 4) is 17.4 Å². The van der Waals surface area contributed by atoms with Crippen molar-refractivity contribution in [2.24, 2.45) is 0 Å². The van der Waals surface area contributed by atoms with Crippen molar-refractivity contribution in [1.29, 1.82) is 0 Å². The molecule has 0 bridgehead atoms. The smallest absolute Gasteiger partial charge is 0.253 e. The van der Waals surface area contributed by atoms with Gasteiger partial charge >= 0.3 is 0 Å². The van der Waals surface area contributed by atoms with E-state index >= 15 is 0 Å². The van der Waals surface area contributed by atoms with Crippen LogP contribution < -0.4 is 10.1 Å². The topological polar surface area (TPSA) is 130 Å². The lowest BCUT2D eigenvalue weighted by Gasteiger charge is -2.23. The highest BCUT2D eigenvalue weighted by atomic mass is 16.5. The van der Waals surface area contributed by atoms with Gasteiger partial charge in [-0.2, -0.15) is 4.52 Å². The van der Waals surface area contributed by atoms with Crippen molar-refractivity contribution in [3.63, 3.8) is 0 Å². The number of amides is 1. The number of hydrogen-bond donors (Lipinski definition) is 1.